The van der Waals surface area contributed by atoms with Crippen LogP contribution in [0.2, 0.25) is 0 Å². The van der Waals surface area contributed by atoms with Gasteiger partial charge in [0.1, 0.15) is 11.3 Å². The van der Waals surface area contributed by atoms with Gasteiger partial charge in [0.2, 0.25) is 0 Å². The van der Waals surface area contributed by atoms with Crippen LogP contribution in [0.25, 0.3) is 11.2 Å². The lowest BCUT2D eigenvalue weighted by Gasteiger charge is -2.25. The normalized spacial score (nSPS) is 27.2. The zero-order chi connectivity index (χ0) is 13.4. The summed E-state index contributed by atoms with van der Waals surface area (Å²) in [4.78, 5) is 9.53. The van der Waals surface area contributed by atoms with E-state index in [1.807, 2.05) is 12.3 Å². The average Bonchev–Trinajstić information content (AvgIpc) is 3.15. The maximum atomic E-state index is 4.92. The van der Waals surface area contributed by atoms with Gasteiger partial charge in [0.25, 0.3) is 0 Å². The molecule has 2 aromatic rings. The van der Waals surface area contributed by atoms with E-state index in [0.29, 0.717) is 11.3 Å². The van der Waals surface area contributed by atoms with Gasteiger partial charge in [0, 0.05) is 18.7 Å². The lowest BCUT2D eigenvalue weighted by molar-refractivity contribution is 0.537. The van der Waals surface area contributed by atoms with Crippen LogP contribution < -0.4 is 5.32 Å². The Balaban J connectivity index is 1.83. The molecule has 0 bridgehead atoms. The van der Waals surface area contributed by atoms with Crippen molar-refractivity contribution in [2.45, 2.75) is 37.0 Å². The maximum Gasteiger partial charge on any atom is 0.160 e. The van der Waals surface area contributed by atoms with Crippen LogP contribution in [0.5, 0.6) is 0 Å². The third kappa shape index (κ3) is 2.13. The van der Waals surface area contributed by atoms with Crippen LogP contribution in [0.4, 0.5) is 0 Å². The topological polar surface area (TPSA) is 42.7 Å². The minimum atomic E-state index is 0.527. The molecular weight excluding hydrogens is 268 g/mol. The smallest absolute Gasteiger partial charge is 0.160 e. The van der Waals surface area contributed by atoms with Crippen molar-refractivity contribution in [2.24, 2.45) is 0 Å². The predicted octanol–water partition coefficient (Wildman–Crippen LogP) is 2.92. The highest BCUT2D eigenvalue weighted by Gasteiger charge is 2.28. The third-order valence-electron chi connectivity index (χ3n) is 4.35. The molecule has 2 aromatic heterocycles. The number of fused-ring (bicyclic) bond motifs is 1. The molecule has 1 N–H and O–H groups in total. The molecule has 2 saturated heterocycles. The molecular formula is C15H20N4S. The van der Waals surface area contributed by atoms with Gasteiger partial charge in [0.05, 0.1) is 5.37 Å². The Morgan fingerprint density at radius 2 is 2.30 bits per heavy atom. The van der Waals surface area contributed by atoms with E-state index >= 15 is 0 Å². The van der Waals surface area contributed by atoms with Crippen molar-refractivity contribution < 1.29 is 0 Å². The standard InChI is InChI=1S/C15H20N4S/c1-2-9-20-13(5-1)19-14(11-6-8-16-10-11)18-12-4-3-7-17-15(12)19/h3-4,7,11,13,16H,1-2,5-6,8-10H2. The first-order chi connectivity index (χ1) is 9.93. The van der Waals surface area contributed by atoms with Crippen molar-refractivity contribution >= 4 is 22.9 Å². The van der Waals surface area contributed by atoms with Crippen molar-refractivity contribution in [3.63, 3.8) is 0 Å². The van der Waals surface area contributed by atoms with Gasteiger partial charge in [0.15, 0.2) is 5.65 Å². The highest BCUT2D eigenvalue weighted by Crippen LogP contribution is 2.39. The summed E-state index contributed by atoms with van der Waals surface area (Å²) in [5.41, 5.74) is 2.13. The zero-order valence-electron chi connectivity index (χ0n) is 11.6. The van der Waals surface area contributed by atoms with Crippen LogP contribution >= 0.6 is 11.8 Å². The number of nitrogens with one attached hydrogen (secondary N) is 1. The first-order valence-corrected chi connectivity index (χ1v) is 8.63. The molecule has 0 saturated carbocycles. The number of hydrogen-bond acceptors (Lipinski definition) is 4. The molecule has 0 aromatic carbocycles. The molecule has 0 radical (unpaired) electrons. The first-order valence-electron chi connectivity index (χ1n) is 7.58. The van der Waals surface area contributed by atoms with Crippen molar-refractivity contribution in [1.82, 2.24) is 19.9 Å². The van der Waals surface area contributed by atoms with E-state index < -0.39 is 0 Å². The Hall–Kier alpha value is -1.07. The number of thioether (sulfide) groups is 1. The Morgan fingerprint density at radius 3 is 3.10 bits per heavy atom. The van der Waals surface area contributed by atoms with E-state index in [-0.39, 0.29) is 0 Å². The van der Waals surface area contributed by atoms with Crippen LogP contribution in [-0.2, 0) is 0 Å². The van der Waals surface area contributed by atoms with Crippen LogP contribution in [-0.4, -0.2) is 33.4 Å². The number of pyridine rings is 1. The molecule has 0 spiro atoms. The summed E-state index contributed by atoms with van der Waals surface area (Å²) in [7, 11) is 0. The fourth-order valence-corrected chi connectivity index (χ4v) is 4.65. The summed E-state index contributed by atoms with van der Waals surface area (Å²) < 4.78 is 2.44. The highest BCUT2D eigenvalue weighted by atomic mass is 32.2. The molecule has 2 aliphatic rings. The molecule has 2 fully saturated rings. The summed E-state index contributed by atoms with van der Waals surface area (Å²) in [6.07, 6.45) is 7.01. The average molecular weight is 288 g/mol. The number of nitrogens with zero attached hydrogens (tertiary/aromatic N) is 3. The lowest BCUT2D eigenvalue weighted by Crippen LogP contribution is -2.17. The summed E-state index contributed by atoms with van der Waals surface area (Å²) >= 11 is 2.07. The molecule has 4 heterocycles. The Bertz CT molecular complexity index is 597. The van der Waals surface area contributed by atoms with Crippen LogP contribution in [0.15, 0.2) is 18.3 Å². The second-order valence-electron chi connectivity index (χ2n) is 5.70. The summed E-state index contributed by atoms with van der Waals surface area (Å²) in [5, 5.41) is 3.99. The molecule has 20 heavy (non-hydrogen) atoms. The zero-order valence-corrected chi connectivity index (χ0v) is 12.4. The molecule has 5 heteroatoms. The van der Waals surface area contributed by atoms with Gasteiger partial charge in [-0.15, -0.1) is 11.8 Å². The second kappa shape index (κ2) is 5.37. The van der Waals surface area contributed by atoms with E-state index in [0.717, 1.165) is 24.3 Å². The lowest BCUT2D eigenvalue weighted by atomic mass is 10.1. The number of imidazole rings is 1. The molecule has 2 aliphatic heterocycles. The Kier molecular flexibility index (Phi) is 3.40. The molecule has 0 amide bonds. The number of hydrogen-bond donors (Lipinski definition) is 1. The minimum Gasteiger partial charge on any atom is -0.316 e. The second-order valence-corrected chi connectivity index (χ2v) is 6.98. The van der Waals surface area contributed by atoms with Gasteiger partial charge < -0.3 is 5.32 Å². The van der Waals surface area contributed by atoms with E-state index in [1.165, 1.54) is 37.3 Å². The highest BCUT2D eigenvalue weighted by molar-refractivity contribution is 7.99. The molecule has 2 atom stereocenters. The molecule has 4 nitrogen and oxygen atoms in total. The quantitative estimate of drug-likeness (QED) is 0.922. The van der Waals surface area contributed by atoms with E-state index in [2.05, 4.69) is 32.7 Å². The maximum absolute atomic E-state index is 4.92. The van der Waals surface area contributed by atoms with Gasteiger partial charge in [-0.05, 0) is 50.1 Å². The Morgan fingerprint density at radius 1 is 1.30 bits per heavy atom. The van der Waals surface area contributed by atoms with Crippen molar-refractivity contribution in [3.8, 4) is 0 Å². The molecule has 2 unspecified atom stereocenters. The SMILES string of the molecule is c1cnc2c(c1)nc(C1CCNC1)n2C1CCCCS1. The minimum absolute atomic E-state index is 0.527. The van der Waals surface area contributed by atoms with Gasteiger partial charge in [-0.3, -0.25) is 4.57 Å². The summed E-state index contributed by atoms with van der Waals surface area (Å²) in [5.74, 6) is 3.06. The summed E-state index contributed by atoms with van der Waals surface area (Å²) in [6, 6.07) is 4.09. The van der Waals surface area contributed by atoms with Crippen LogP contribution in [0.1, 0.15) is 42.8 Å². The monoisotopic (exact) mass is 288 g/mol. The Labute approximate surface area is 123 Å². The third-order valence-corrected chi connectivity index (χ3v) is 5.70. The van der Waals surface area contributed by atoms with Crippen molar-refractivity contribution in [2.75, 3.05) is 18.8 Å². The fraction of sp³-hybridized carbons (Fsp3) is 0.600. The molecule has 0 aliphatic carbocycles. The predicted molar refractivity (Wildman–Crippen MR) is 83.1 cm³/mol. The summed E-state index contributed by atoms with van der Waals surface area (Å²) in [6.45, 7) is 2.17. The van der Waals surface area contributed by atoms with Crippen molar-refractivity contribution in [1.29, 1.82) is 0 Å². The van der Waals surface area contributed by atoms with E-state index in [9.17, 15) is 0 Å². The fourth-order valence-electron chi connectivity index (χ4n) is 3.32. The number of rotatable bonds is 2. The van der Waals surface area contributed by atoms with E-state index in [4.69, 9.17) is 4.98 Å². The van der Waals surface area contributed by atoms with Gasteiger partial charge >= 0.3 is 0 Å². The first kappa shape index (κ1) is 12.7. The molecule has 4 rings (SSSR count). The van der Waals surface area contributed by atoms with Gasteiger partial charge in [-0.2, -0.15) is 0 Å². The van der Waals surface area contributed by atoms with Gasteiger partial charge in [-0.1, -0.05) is 0 Å². The van der Waals surface area contributed by atoms with E-state index in [1.54, 1.807) is 0 Å². The molecule has 106 valence electrons. The number of aromatic nitrogens is 3. The van der Waals surface area contributed by atoms with Crippen LogP contribution in [0.3, 0.4) is 0 Å². The largest absolute Gasteiger partial charge is 0.316 e. The van der Waals surface area contributed by atoms with Crippen LogP contribution in [0, 0.1) is 0 Å². The van der Waals surface area contributed by atoms with Crippen molar-refractivity contribution in [3.05, 3.63) is 24.2 Å². The van der Waals surface area contributed by atoms with Gasteiger partial charge in [-0.25, -0.2) is 9.97 Å².